The zero-order valence-electron chi connectivity index (χ0n) is 11.4. The lowest BCUT2D eigenvalue weighted by Crippen LogP contribution is -2.38. The second-order valence-corrected chi connectivity index (χ2v) is 5.59. The molecule has 0 spiro atoms. The molecule has 1 atom stereocenters. The van der Waals surface area contributed by atoms with Crippen LogP contribution in [0.25, 0.3) is 10.9 Å². The SMILES string of the molecule is CN1CCCCC1Cc1cc2ccccc2n1C. The topological polar surface area (TPSA) is 8.17 Å². The van der Waals surface area contributed by atoms with E-state index in [0.717, 1.165) is 6.04 Å². The molecular weight excluding hydrogens is 220 g/mol. The average Bonchev–Trinajstić information content (AvgIpc) is 2.70. The van der Waals surface area contributed by atoms with Crippen LogP contribution >= 0.6 is 0 Å². The molecule has 1 aliphatic rings. The van der Waals surface area contributed by atoms with Gasteiger partial charge in [0.2, 0.25) is 0 Å². The molecule has 0 bridgehead atoms. The van der Waals surface area contributed by atoms with E-state index in [1.165, 1.54) is 48.8 Å². The van der Waals surface area contributed by atoms with Gasteiger partial charge >= 0.3 is 0 Å². The molecule has 3 rings (SSSR count). The number of nitrogens with zero attached hydrogens (tertiary/aromatic N) is 2. The van der Waals surface area contributed by atoms with E-state index in [2.05, 4.69) is 53.9 Å². The molecule has 18 heavy (non-hydrogen) atoms. The van der Waals surface area contributed by atoms with Gasteiger partial charge in [-0.1, -0.05) is 24.6 Å². The van der Waals surface area contributed by atoms with Crippen LogP contribution in [0, 0.1) is 0 Å². The Morgan fingerprint density at radius 2 is 2.00 bits per heavy atom. The minimum Gasteiger partial charge on any atom is -0.348 e. The van der Waals surface area contributed by atoms with Gasteiger partial charge in [-0.3, -0.25) is 0 Å². The quantitative estimate of drug-likeness (QED) is 0.785. The maximum Gasteiger partial charge on any atom is 0.0479 e. The van der Waals surface area contributed by atoms with Crippen molar-refractivity contribution in [2.75, 3.05) is 13.6 Å². The fourth-order valence-electron chi connectivity index (χ4n) is 3.19. The molecule has 2 aromatic rings. The first-order valence-corrected chi connectivity index (χ1v) is 6.99. The van der Waals surface area contributed by atoms with Crippen molar-refractivity contribution in [1.82, 2.24) is 9.47 Å². The molecule has 1 fully saturated rings. The van der Waals surface area contributed by atoms with Crippen molar-refractivity contribution >= 4 is 10.9 Å². The predicted molar refractivity (Wildman–Crippen MR) is 76.9 cm³/mol. The summed E-state index contributed by atoms with van der Waals surface area (Å²) in [6, 6.07) is 11.8. The normalized spacial score (nSPS) is 21.6. The fourth-order valence-corrected chi connectivity index (χ4v) is 3.19. The van der Waals surface area contributed by atoms with E-state index in [1.54, 1.807) is 0 Å². The van der Waals surface area contributed by atoms with Crippen LogP contribution in [-0.4, -0.2) is 29.1 Å². The van der Waals surface area contributed by atoms with E-state index in [-0.39, 0.29) is 0 Å². The highest BCUT2D eigenvalue weighted by Gasteiger charge is 2.20. The molecule has 0 amide bonds. The number of rotatable bonds is 2. The van der Waals surface area contributed by atoms with E-state index in [1.807, 2.05) is 0 Å². The molecule has 0 N–H and O–H groups in total. The number of likely N-dealkylation sites (N-methyl/N-ethyl adjacent to an activating group) is 1. The summed E-state index contributed by atoms with van der Waals surface area (Å²) < 4.78 is 2.36. The Morgan fingerprint density at radius 1 is 1.17 bits per heavy atom. The number of hydrogen-bond acceptors (Lipinski definition) is 1. The van der Waals surface area contributed by atoms with E-state index >= 15 is 0 Å². The predicted octanol–water partition coefficient (Wildman–Crippen LogP) is 3.21. The number of piperidine rings is 1. The van der Waals surface area contributed by atoms with Crippen LogP contribution in [0.2, 0.25) is 0 Å². The number of hydrogen-bond donors (Lipinski definition) is 0. The van der Waals surface area contributed by atoms with Crippen molar-refractivity contribution in [2.45, 2.75) is 31.7 Å². The molecule has 0 aliphatic carbocycles. The first-order valence-electron chi connectivity index (χ1n) is 6.99. The van der Waals surface area contributed by atoms with Crippen molar-refractivity contribution in [3.05, 3.63) is 36.0 Å². The highest BCUT2D eigenvalue weighted by atomic mass is 15.1. The van der Waals surface area contributed by atoms with Gasteiger partial charge in [-0.25, -0.2) is 0 Å². The summed E-state index contributed by atoms with van der Waals surface area (Å²) in [6.45, 7) is 1.26. The summed E-state index contributed by atoms with van der Waals surface area (Å²) in [5, 5.41) is 1.37. The molecule has 96 valence electrons. The van der Waals surface area contributed by atoms with Gasteiger partial charge in [-0.05, 0) is 44.0 Å². The fraction of sp³-hybridized carbons (Fsp3) is 0.500. The average molecular weight is 242 g/mol. The molecule has 0 radical (unpaired) electrons. The van der Waals surface area contributed by atoms with E-state index < -0.39 is 0 Å². The van der Waals surface area contributed by atoms with Gasteiger partial charge in [0.15, 0.2) is 0 Å². The van der Waals surface area contributed by atoms with E-state index in [4.69, 9.17) is 0 Å². The molecular formula is C16H22N2. The van der Waals surface area contributed by atoms with Crippen LogP contribution in [0.3, 0.4) is 0 Å². The summed E-state index contributed by atoms with van der Waals surface area (Å²) in [5.41, 5.74) is 2.82. The number of benzene rings is 1. The zero-order chi connectivity index (χ0) is 12.5. The van der Waals surface area contributed by atoms with Crippen LogP contribution in [0.5, 0.6) is 0 Å². The second kappa shape index (κ2) is 4.77. The summed E-state index contributed by atoms with van der Waals surface area (Å²) in [5.74, 6) is 0. The van der Waals surface area contributed by atoms with Gasteiger partial charge in [0.1, 0.15) is 0 Å². The number of likely N-dealkylation sites (tertiary alicyclic amines) is 1. The van der Waals surface area contributed by atoms with Gasteiger partial charge in [0.25, 0.3) is 0 Å². The Balaban J connectivity index is 1.88. The number of fused-ring (bicyclic) bond motifs is 1. The maximum atomic E-state index is 2.53. The van der Waals surface area contributed by atoms with E-state index in [9.17, 15) is 0 Å². The van der Waals surface area contributed by atoms with E-state index in [0.29, 0.717) is 0 Å². The third-order valence-corrected chi connectivity index (χ3v) is 4.42. The van der Waals surface area contributed by atoms with Gasteiger partial charge in [-0.15, -0.1) is 0 Å². The van der Waals surface area contributed by atoms with Gasteiger partial charge in [0.05, 0.1) is 0 Å². The Morgan fingerprint density at radius 3 is 2.78 bits per heavy atom. The van der Waals surface area contributed by atoms with Crippen molar-refractivity contribution in [1.29, 1.82) is 0 Å². The summed E-state index contributed by atoms with van der Waals surface area (Å²) in [4.78, 5) is 2.53. The summed E-state index contributed by atoms with van der Waals surface area (Å²) in [7, 11) is 4.47. The standard InChI is InChI=1S/C16H22N2/c1-17-10-6-5-8-14(17)12-15-11-13-7-3-4-9-16(13)18(15)2/h3-4,7,9,11,14H,5-6,8,10,12H2,1-2H3. The Bertz CT molecular complexity index is 541. The van der Waals surface area contributed by atoms with Gasteiger partial charge in [-0.2, -0.15) is 0 Å². The largest absolute Gasteiger partial charge is 0.348 e. The van der Waals surface area contributed by atoms with Crippen molar-refractivity contribution in [2.24, 2.45) is 7.05 Å². The molecule has 1 saturated heterocycles. The lowest BCUT2D eigenvalue weighted by molar-refractivity contribution is 0.183. The summed E-state index contributed by atoms with van der Waals surface area (Å²) >= 11 is 0. The van der Waals surface area contributed by atoms with Crippen LogP contribution < -0.4 is 0 Å². The second-order valence-electron chi connectivity index (χ2n) is 5.59. The van der Waals surface area contributed by atoms with Gasteiger partial charge in [0, 0.05) is 30.7 Å². The zero-order valence-corrected chi connectivity index (χ0v) is 11.4. The minimum atomic E-state index is 0.724. The highest BCUT2D eigenvalue weighted by molar-refractivity contribution is 5.81. The molecule has 1 aromatic carbocycles. The maximum absolute atomic E-state index is 2.53. The van der Waals surface area contributed by atoms with Crippen molar-refractivity contribution in [3.63, 3.8) is 0 Å². The smallest absolute Gasteiger partial charge is 0.0479 e. The van der Waals surface area contributed by atoms with Crippen LogP contribution in [0.15, 0.2) is 30.3 Å². The third-order valence-electron chi connectivity index (χ3n) is 4.42. The monoisotopic (exact) mass is 242 g/mol. The molecule has 2 heterocycles. The minimum absolute atomic E-state index is 0.724. The van der Waals surface area contributed by atoms with Crippen LogP contribution in [0.4, 0.5) is 0 Å². The molecule has 2 heteroatoms. The molecule has 1 aromatic heterocycles. The molecule has 0 saturated carbocycles. The number of para-hydroxylation sites is 1. The first kappa shape index (κ1) is 11.8. The van der Waals surface area contributed by atoms with Crippen LogP contribution in [0.1, 0.15) is 25.0 Å². The van der Waals surface area contributed by atoms with Crippen molar-refractivity contribution < 1.29 is 0 Å². The lowest BCUT2D eigenvalue weighted by Gasteiger charge is -2.32. The number of aryl methyl sites for hydroxylation is 1. The van der Waals surface area contributed by atoms with Gasteiger partial charge < -0.3 is 9.47 Å². The molecule has 1 aliphatic heterocycles. The number of aromatic nitrogens is 1. The molecule has 2 nitrogen and oxygen atoms in total. The Kier molecular flexibility index (Phi) is 3.13. The Hall–Kier alpha value is -1.28. The van der Waals surface area contributed by atoms with Crippen LogP contribution in [-0.2, 0) is 13.5 Å². The lowest BCUT2D eigenvalue weighted by atomic mass is 9.98. The first-order chi connectivity index (χ1) is 8.75. The summed E-state index contributed by atoms with van der Waals surface area (Å²) in [6.07, 6.45) is 5.28. The highest BCUT2D eigenvalue weighted by Crippen LogP contribution is 2.23. The molecule has 1 unspecified atom stereocenters. The third kappa shape index (κ3) is 2.05. The van der Waals surface area contributed by atoms with Crippen molar-refractivity contribution in [3.8, 4) is 0 Å². The Labute approximate surface area is 109 Å².